The van der Waals surface area contributed by atoms with Crippen LogP contribution in [0.25, 0.3) is 0 Å². The summed E-state index contributed by atoms with van der Waals surface area (Å²) in [5, 5.41) is 9.30. The molecule has 0 unspecified atom stereocenters. The molecule has 1 amide bonds. The van der Waals surface area contributed by atoms with Gasteiger partial charge in [-0.25, -0.2) is 8.42 Å². The number of carbonyl (C=O) groups is 1. The van der Waals surface area contributed by atoms with Crippen LogP contribution < -0.4 is 0 Å². The van der Waals surface area contributed by atoms with Crippen LogP contribution in [0.1, 0.15) is 16.1 Å². The van der Waals surface area contributed by atoms with Gasteiger partial charge in [-0.05, 0) is 30.3 Å². The van der Waals surface area contributed by atoms with Crippen molar-refractivity contribution in [2.75, 3.05) is 26.2 Å². The summed E-state index contributed by atoms with van der Waals surface area (Å²) in [5.41, 5.74) is 0.874. The van der Waals surface area contributed by atoms with Crippen LogP contribution in [0.2, 0.25) is 5.02 Å². The first kappa shape index (κ1) is 18.5. The average Bonchev–Trinajstić information content (AvgIpc) is 2.99. The summed E-state index contributed by atoms with van der Waals surface area (Å²) in [7, 11) is -1.90. The molecule has 0 bridgehead atoms. The van der Waals surface area contributed by atoms with Crippen molar-refractivity contribution >= 4 is 27.5 Å². The largest absolute Gasteiger partial charge is 0.345 e. The summed E-state index contributed by atoms with van der Waals surface area (Å²) in [6.07, 6.45) is 1.65. The van der Waals surface area contributed by atoms with Gasteiger partial charge in [0.1, 0.15) is 5.69 Å². The number of nitrogens with zero attached hydrogens (tertiary/aromatic N) is 4. The molecular formula is C17H17ClN4O3S. The Bertz CT molecular complexity index is 968. The number of aromatic nitrogens is 1. The van der Waals surface area contributed by atoms with E-state index >= 15 is 0 Å². The van der Waals surface area contributed by atoms with Crippen molar-refractivity contribution in [1.29, 1.82) is 5.26 Å². The van der Waals surface area contributed by atoms with Crippen molar-refractivity contribution in [3.63, 3.8) is 0 Å². The lowest BCUT2D eigenvalue weighted by Crippen LogP contribution is -2.50. The Labute approximate surface area is 157 Å². The molecule has 1 aliphatic heterocycles. The summed E-state index contributed by atoms with van der Waals surface area (Å²) >= 11 is 5.92. The molecule has 2 heterocycles. The fraction of sp³-hybridized carbons (Fsp3) is 0.294. The first-order valence-corrected chi connectivity index (χ1v) is 9.76. The zero-order chi connectivity index (χ0) is 18.9. The standard InChI is InChI=1S/C17H17ClN4O3S/c1-20-12-14(18)10-16(20)17(23)21-6-8-22(9-7-21)26(24,25)15-4-2-13(11-19)3-5-15/h2-5,10,12H,6-9H2,1H3. The number of amides is 1. The van der Waals surface area contributed by atoms with Gasteiger partial charge in [-0.2, -0.15) is 9.57 Å². The van der Waals surface area contributed by atoms with Gasteiger partial charge in [0.2, 0.25) is 10.0 Å². The van der Waals surface area contributed by atoms with Crippen molar-refractivity contribution in [1.82, 2.24) is 13.8 Å². The van der Waals surface area contributed by atoms with E-state index in [9.17, 15) is 13.2 Å². The van der Waals surface area contributed by atoms with Gasteiger partial charge in [0, 0.05) is 39.4 Å². The predicted octanol–water partition coefficient (Wildman–Crippen LogP) is 1.70. The van der Waals surface area contributed by atoms with E-state index in [0.717, 1.165) is 0 Å². The fourth-order valence-electron chi connectivity index (χ4n) is 2.88. The van der Waals surface area contributed by atoms with Crippen LogP contribution in [0.15, 0.2) is 41.4 Å². The van der Waals surface area contributed by atoms with Crippen LogP contribution in [0.3, 0.4) is 0 Å². The van der Waals surface area contributed by atoms with Gasteiger partial charge in [-0.3, -0.25) is 4.79 Å². The van der Waals surface area contributed by atoms with Crippen LogP contribution in [-0.2, 0) is 17.1 Å². The maximum Gasteiger partial charge on any atom is 0.270 e. The number of halogens is 1. The molecule has 0 aliphatic carbocycles. The van der Waals surface area contributed by atoms with E-state index < -0.39 is 10.0 Å². The molecule has 7 nitrogen and oxygen atoms in total. The highest BCUT2D eigenvalue weighted by Crippen LogP contribution is 2.20. The molecule has 0 radical (unpaired) electrons. The second-order valence-electron chi connectivity index (χ2n) is 5.99. The predicted molar refractivity (Wildman–Crippen MR) is 96.2 cm³/mol. The van der Waals surface area contributed by atoms with Gasteiger partial charge in [0.05, 0.1) is 21.6 Å². The number of rotatable bonds is 3. The van der Waals surface area contributed by atoms with Crippen LogP contribution in [0, 0.1) is 11.3 Å². The maximum atomic E-state index is 12.7. The molecule has 26 heavy (non-hydrogen) atoms. The van der Waals surface area contributed by atoms with E-state index in [1.807, 2.05) is 6.07 Å². The minimum absolute atomic E-state index is 0.144. The highest BCUT2D eigenvalue weighted by Gasteiger charge is 2.31. The Hall–Kier alpha value is -2.34. The second-order valence-corrected chi connectivity index (χ2v) is 8.36. The Morgan fingerprint density at radius 3 is 2.27 bits per heavy atom. The van der Waals surface area contributed by atoms with Crippen molar-refractivity contribution in [2.45, 2.75) is 4.90 Å². The Balaban J connectivity index is 1.70. The minimum atomic E-state index is -3.65. The van der Waals surface area contributed by atoms with Gasteiger partial charge in [-0.15, -0.1) is 0 Å². The van der Waals surface area contributed by atoms with E-state index in [2.05, 4.69) is 0 Å². The minimum Gasteiger partial charge on any atom is -0.345 e. The van der Waals surface area contributed by atoms with E-state index in [1.165, 1.54) is 28.6 Å². The maximum absolute atomic E-state index is 12.7. The van der Waals surface area contributed by atoms with Crippen molar-refractivity contribution in [2.24, 2.45) is 7.05 Å². The Morgan fingerprint density at radius 1 is 1.15 bits per heavy atom. The normalized spacial score (nSPS) is 15.7. The number of aryl methyl sites for hydroxylation is 1. The molecule has 0 N–H and O–H groups in total. The van der Waals surface area contributed by atoms with Crippen molar-refractivity contribution < 1.29 is 13.2 Å². The summed E-state index contributed by atoms with van der Waals surface area (Å²) in [6.45, 7) is 1.03. The van der Waals surface area contributed by atoms with Crippen molar-refractivity contribution in [3.8, 4) is 6.07 Å². The molecule has 0 saturated carbocycles. The third-order valence-electron chi connectivity index (χ3n) is 4.34. The SMILES string of the molecule is Cn1cc(Cl)cc1C(=O)N1CCN(S(=O)(=O)c2ccc(C#N)cc2)CC1. The van der Waals surface area contributed by atoms with Crippen LogP contribution in [0.4, 0.5) is 0 Å². The number of piperazine rings is 1. The number of hydrogen-bond acceptors (Lipinski definition) is 4. The lowest BCUT2D eigenvalue weighted by Gasteiger charge is -2.34. The molecule has 2 aromatic rings. The zero-order valence-electron chi connectivity index (χ0n) is 14.1. The first-order valence-electron chi connectivity index (χ1n) is 7.94. The third-order valence-corrected chi connectivity index (χ3v) is 6.46. The smallest absolute Gasteiger partial charge is 0.270 e. The van der Waals surface area contributed by atoms with Gasteiger partial charge in [0.25, 0.3) is 5.91 Å². The zero-order valence-corrected chi connectivity index (χ0v) is 15.7. The number of benzene rings is 1. The molecule has 1 aromatic carbocycles. The molecule has 0 spiro atoms. The Morgan fingerprint density at radius 2 is 1.77 bits per heavy atom. The topological polar surface area (TPSA) is 86.4 Å². The lowest BCUT2D eigenvalue weighted by molar-refractivity contribution is 0.0688. The van der Waals surface area contributed by atoms with Crippen LogP contribution in [-0.4, -0.2) is 54.3 Å². The molecule has 1 fully saturated rings. The van der Waals surface area contributed by atoms with Crippen LogP contribution >= 0.6 is 11.6 Å². The van der Waals surface area contributed by atoms with Gasteiger partial charge >= 0.3 is 0 Å². The van der Waals surface area contributed by atoms with Crippen LogP contribution in [0.5, 0.6) is 0 Å². The van der Waals surface area contributed by atoms with E-state index in [-0.39, 0.29) is 23.9 Å². The summed E-state index contributed by atoms with van der Waals surface area (Å²) < 4.78 is 28.4. The highest BCUT2D eigenvalue weighted by atomic mass is 35.5. The second kappa shape index (κ2) is 7.11. The van der Waals surface area contributed by atoms with E-state index in [4.69, 9.17) is 16.9 Å². The fourth-order valence-corrected chi connectivity index (χ4v) is 4.55. The first-order chi connectivity index (χ1) is 12.3. The summed E-state index contributed by atoms with van der Waals surface area (Å²) in [4.78, 5) is 14.3. The summed E-state index contributed by atoms with van der Waals surface area (Å²) in [5.74, 6) is -0.171. The van der Waals surface area contributed by atoms with E-state index in [1.54, 1.807) is 28.8 Å². The molecule has 3 rings (SSSR count). The highest BCUT2D eigenvalue weighted by molar-refractivity contribution is 7.89. The van der Waals surface area contributed by atoms with Gasteiger partial charge < -0.3 is 9.47 Å². The van der Waals surface area contributed by atoms with Crippen molar-refractivity contribution in [3.05, 3.63) is 52.8 Å². The third kappa shape index (κ3) is 3.46. The number of nitriles is 1. The lowest BCUT2D eigenvalue weighted by atomic mass is 10.2. The number of carbonyl (C=O) groups excluding carboxylic acids is 1. The average molecular weight is 393 g/mol. The van der Waals surface area contributed by atoms with Gasteiger partial charge in [0.15, 0.2) is 0 Å². The molecule has 0 atom stereocenters. The molecule has 1 saturated heterocycles. The monoisotopic (exact) mass is 392 g/mol. The molecule has 9 heteroatoms. The number of sulfonamides is 1. The molecule has 136 valence electrons. The Kier molecular flexibility index (Phi) is 5.05. The van der Waals surface area contributed by atoms with E-state index in [0.29, 0.717) is 29.4 Å². The molecule has 1 aliphatic rings. The summed E-state index contributed by atoms with van der Waals surface area (Å²) in [6, 6.07) is 9.37. The quantitative estimate of drug-likeness (QED) is 0.795. The molecule has 1 aromatic heterocycles. The number of hydrogen-bond donors (Lipinski definition) is 0. The molecular weight excluding hydrogens is 376 g/mol. The van der Waals surface area contributed by atoms with Gasteiger partial charge in [-0.1, -0.05) is 11.6 Å².